The lowest BCUT2D eigenvalue weighted by atomic mass is 10.1. The summed E-state index contributed by atoms with van der Waals surface area (Å²) >= 11 is 0. The smallest absolute Gasteiger partial charge is 0.338 e. The van der Waals surface area contributed by atoms with E-state index in [-0.39, 0.29) is 22.7 Å². The summed E-state index contributed by atoms with van der Waals surface area (Å²) in [6.45, 7) is 3.12. The first-order valence-electron chi connectivity index (χ1n) is 4.82. The Bertz CT molecular complexity index is 424. The number of hydrogen-bond donors (Lipinski definition) is 1. The maximum atomic E-state index is 11.4. The molecule has 0 amide bonds. The molecule has 0 saturated carbocycles. The van der Waals surface area contributed by atoms with Gasteiger partial charge >= 0.3 is 5.97 Å². The van der Waals surface area contributed by atoms with Crippen molar-refractivity contribution in [1.29, 1.82) is 5.26 Å². The number of ether oxygens (including phenoxy) is 2. The third kappa shape index (κ3) is 4.03. The van der Waals surface area contributed by atoms with E-state index in [1.807, 2.05) is 6.07 Å². The van der Waals surface area contributed by atoms with Crippen molar-refractivity contribution in [3.8, 4) is 6.07 Å². The summed E-state index contributed by atoms with van der Waals surface area (Å²) in [5, 5.41) is 18.4. The van der Waals surface area contributed by atoms with Gasteiger partial charge in [0.1, 0.15) is 0 Å². The second-order valence-electron chi connectivity index (χ2n) is 3.03. The summed E-state index contributed by atoms with van der Waals surface area (Å²) in [5.41, 5.74) is 0.138. The van der Waals surface area contributed by atoms with Gasteiger partial charge in [0.15, 0.2) is 11.5 Å². The Morgan fingerprint density at radius 1 is 1.35 bits per heavy atom. The first-order chi connectivity index (χ1) is 8.01. The number of carbonyl (C=O) groups excluding carboxylic acids is 1. The minimum Gasteiger partial charge on any atom is -0.504 e. The topological polar surface area (TPSA) is 79.6 Å². The molecule has 1 N–H and O–H groups in total. The highest BCUT2D eigenvalue weighted by molar-refractivity contribution is 5.93. The molecule has 5 heteroatoms. The maximum absolute atomic E-state index is 11.4. The van der Waals surface area contributed by atoms with Crippen LogP contribution in [-0.2, 0) is 14.3 Å². The van der Waals surface area contributed by atoms with Crippen LogP contribution in [0, 0.1) is 11.3 Å². The lowest BCUT2D eigenvalue weighted by Crippen LogP contribution is -2.06. The summed E-state index contributed by atoms with van der Waals surface area (Å²) in [5.74, 6) is -0.732. The quantitative estimate of drug-likeness (QED) is 0.266. The second kappa shape index (κ2) is 7.12. The molecule has 0 aliphatic carbocycles. The van der Waals surface area contributed by atoms with Crippen LogP contribution < -0.4 is 0 Å². The van der Waals surface area contributed by atoms with Crippen molar-refractivity contribution in [1.82, 2.24) is 0 Å². The van der Waals surface area contributed by atoms with E-state index in [1.54, 1.807) is 6.92 Å². The summed E-state index contributed by atoms with van der Waals surface area (Å²) < 4.78 is 9.39. The van der Waals surface area contributed by atoms with Crippen molar-refractivity contribution < 1.29 is 19.4 Å². The Balaban J connectivity index is 5.50. The molecule has 0 aromatic heterocycles. The van der Waals surface area contributed by atoms with Gasteiger partial charge in [0.25, 0.3) is 0 Å². The van der Waals surface area contributed by atoms with E-state index in [4.69, 9.17) is 10.00 Å². The first-order valence-corrected chi connectivity index (χ1v) is 4.82. The van der Waals surface area contributed by atoms with Crippen molar-refractivity contribution >= 4 is 5.97 Å². The molecular weight excluding hydrogens is 222 g/mol. The lowest BCUT2D eigenvalue weighted by molar-refractivity contribution is -0.135. The molecule has 0 aromatic rings. The van der Waals surface area contributed by atoms with Gasteiger partial charge in [-0.05, 0) is 26.0 Å². The van der Waals surface area contributed by atoms with Crippen molar-refractivity contribution in [3.05, 3.63) is 34.8 Å². The summed E-state index contributed by atoms with van der Waals surface area (Å²) in [7, 11) is 2.59. The highest BCUT2D eigenvalue weighted by Crippen LogP contribution is 2.14. The summed E-state index contributed by atoms with van der Waals surface area (Å²) in [4.78, 5) is 11.4. The molecule has 0 rings (SSSR count). The number of aliphatic hydroxyl groups is 1. The average molecular weight is 237 g/mol. The fourth-order valence-corrected chi connectivity index (χ4v) is 1.07. The number of carbonyl (C=O) groups is 1. The number of esters is 1. The number of methoxy groups -OCH3 is 2. The number of rotatable bonds is 4. The molecule has 0 atom stereocenters. The standard InChI is InChI=1S/C12H15NO4/c1-5-11(16-3)10(14)6-9(8(2)7-13)12(15)17-4/h5-6,14H,1-4H3/b9-8-,10-6+,11-5+. The predicted molar refractivity (Wildman–Crippen MR) is 61.8 cm³/mol. The zero-order chi connectivity index (χ0) is 13.4. The van der Waals surface area contributed by atoms with E-state index in [0.717, 1.165) is 6.08 Å². The van der Waals surface area contributed by atoms with Gasteiger partial charge in [0.2, 0.25) is 0 Å². The minimum absolute atomic E-state index is 0.0103. The number of nitrogens with zero attached hydrogens (tertiary/aromatic N) is 1. The molecule has 0 spiro atoms. The fraction of sp³-hybridized carbons (Fsp3) is 0.333. The van der Waals surface area contributed by atoms with Crippen molar-refractivity contribution in [3.63, 3.8) is 0 Å². The molecular formula is C12H15NO4. The third-order valence-corrected chi connectivity index (χ3v) is 1.99. The molecule has 0 fully saturated rings. The van der Waals surface area contributed by atoms with Crippen LogP contribution >= 0.6 is 0 Å². The molecule has 0 heterocycles. The van der Waals surface area contributed by atoms with E-state index in [2.05, 4.69) is 4.74 Å². The molecule has 17 heavy (non-hydrogen) atoms. The summed E-state index contributed by atoms with van der Waals surface area (Å²) in [6, 6.07) is 1.82. The zero-order valence-electron chi connectivity index (χ0n) is 10.3. The number of allylic oxidation sites excluding steroid dienone is 2. The summed E-state index contributed by atoms with van der Waals surface area (Å²) in [6.07, 6.45) is 2.67. The van der Waals surface area contributed by atoms with Gasteiger partial charge < -0.3 is 14.6 Å². The molecule has 92 valence electrons. The lowest BCUT2D eigenvalue weighted by Gasteiger charge is -2.06. The zero-order valence-corrected chi connectivity index (χ0v) is 10.3. The van der Waals surface area contributed by atoms with Crippen LogP contribution in [0.3, 0.4) is 0 Å². The predicted octanol–water partition coefficient (Wildman–Crippen LogP) is 1.99. The minimum atomic E-state index is -0.692. The van der Waals surface area contributed by atoms with E-state index >= 15 is 0 Å². The highest BCUT2D eigenvalue weighted by atomic mass is 16.5. The maximum Gasteiger partial charge on any atom is 0.338 e. The molecule has 0 aliphatic heterocycles. The van der Waals surface area contributed by atoms with Crippen molar-refractivity contribution in [2.45, 2.75) is 13.8 Å². The van der Waals surface area contributed by atoms with Crippen LogP contribution in [0.1, 0.15) is 13.8 Å². The normalized spacial score (nSPS) is 13.6. The Labute approximate surface area is 100 Å². The highest BCUT2D eigenvalue weighted by Gasteiger charge is 2.13. The third-order valence-electron chi connectivity index (χ3n) is 1.99. The van der Waals surface area contributed by atoms with Gasteiger partial charge in [-0.2, -0.15) is 5.26 Å². The molecule has 0 bridgehead atoms. The Morgan fingerprint density at radius 3 is 2.29 bits per heavy atom. The van der Waals surface area contributed by atoms with Crippen LogP contribution in [0.15, 0.2) is 34.8 Å². The molecule has 0 unspecified atom stereocenters. The van der Waals surface area contributed by atoms with Gasteiger partial charge in [-0.25, -0.2) is 4.79 Å². The molecule has 0 aromatic carbocycles. The van der Waals surface area contributed by atoms with Gasteiger partial charge in [-0.1, -0.05) is 0 Å². The van der Waals surface area contributed by atoms with E-state index in [9.17, 15) is 9.90 Å². The number of aliphatic hydroxyl groups excluding tert-OH is 1. The van der Waals surface area contributed by atoms with E-state index in [0.29, 0.717) is 0 Å². The van der Waals surface area contributed by atoms with Crippen LogP contribution in [-0.4, -0.2) is 25.3 Å². The van der Waals surface area contributed by atoms with Crippen LogP contribution in [0.5, 0.6) is 0 Å². The fourth-order valence-electron chi connectivity index (χ4n) is 1.07. The largest absolute Gasteiger partial charge is 0.504 e. The number of nitriles is 1. The monoisotopic (exact) mass is 237 g/mol. The van der Waals surface area contributed by atoms with Gasteiger partial charge in [0.05, 0.1) is 25.9 Å². The Hall–Kier alpha value is -2.22. The van der Waals surface area contributed by atoms with Crippen molar-refractivity contribution in [2.75, 3.05) is 14.2 Å². The molecule has 0 radical (unpaired) electrons. The van der Waals surface area contributed by atoms with E-state index in [1.165, 1.54) is 27.2 Å². The van der Waals surface area contributed by atoms with Gasteiger partial charge in [-0.3, -0.25) is 0 Å². The molecule has 5 nitrogen and oxygen atoms in total. The number of hydrogen-bond acceptors (Lipinski definition) is 5. The average Bonchev–Trinajstić information content (AvgIpc) is 2.35. The van der Waals surface area contributed by atoms with Gasteiger partial charge in [-0.15, -0.1) is 0 Å². The van der Waals surface area contributed by atoms with Crippen LogP contribution in [0.25, 0.3) is 0 Å². The SMILES string of the molecule is C\C=C(OC)/C(O)=C\C(C(=O)OC)=C(/C)C#N. The Kier molecular flexibility index (Phi) is 6.19. The van der Waals surface area contributed by atoms with E-state index < -0.39 is 5.97 Å². The molecule has 0 saturated heterocycles. The van der Waals surface area contributed by atoms with Crippen molar-refractivity contribution in [2.24, 2.45) is 0 Å². The van der Waals surface area contributed by atoms with Crippen LogP contribution in [0.2, 0.25) is 0 Å². The molecule has 0 aliphatic rings. The van der Waals surface area contributed by atoms with Gasteiger partial charge in [0, 0.05) is 5.57 Å². The Morgan fingerprint density at radius 2 is 1.94 bits per heavy atom. The van der Waals surface area contributed by atoms with Crippen LogP contribution in [0.4, 0.5) is 0 Å². The first kappa shape index (κ1) is 14.8. The second-order valence-corrected chi connectivity index (χ2v) is 3.03.